The van der Waals surface area contributed by atoms with E-state index in [2.05, 4.69) is 0 Å². The van der Waals surface area contributed by atoms with Crippen LogP contribution in [0, 0.1) is 5.82 Å². The van der Waals surface area contributed by atoms with Gasteiger partial charge in [0.2, 0.25) is 0 Å². The topological polar surface area (TPSA) is 62.5 Å². The molecular weight excluding hydrogens is 423 g/mol. The normalized spacial score (nSPS) is 15.5. The van der Waals surface area contributed by atoms with Gasteiger partial charge in [-0.3, -0.25) is 14.5 Å². The van der Waals surface area contributed by atoms with Crippen LogP contribution in [0.5, 0.6) is 0 Å². The molecule has 0 bridgehead atoms. The van der Waals surface area contributed by atoms with Crippen molar-refractivity contribution in [2.75, 3.05) is 6.54 Å². The number of benzene rings is 2. The van der Waals surface area contributed by atoms with E-state index < -0.39 is 5.97 Å². The molecule has 0 atom stereocenters. The smallest absolute Gasteiger partial charge is 0.305 e. The van der Waals surface area contributed by atoms with Gasteiger partial charge in [0.15, 0.2) is 0 Å². The average molecular weight is 441 g/mol. The second kappa shape index (κ2) is 8.41. The number of para-hydroxylation sites is 1. The van der Waals surface area contributed by atoms with Crippen LogP contribution in [0.4, 0.5) is 4.39 Å². The number of thioether (sulfide) groups is 1. The number of aliphatic carboxylic acids is 1. The summed E-state index contributed by atoms with van der Waals surface area (Å²) in [4.78, 5) is 25.3. The molecule has 8 heteroatoms. The third-order valence-corrected chi connectivity index (χ3v) is 6.21. The predicted molar refractivity (Wildman–Crippen MR) is 120 cm³/mol. The summed E-state index contributed by atoms with van der Waals surface area (Å²) in [6.07, 6.45) is 3.49. The molecule has 0 unspecified atom stereocenters. The van der Waals surface area contributed by atoms with Gasteiger partial charge in [-0.2, -0.15) is 0 Å². The number of carboxylic acids is 1. The van der Waals surface area contributed by atoms with Crippen molar-refractivity contribution < 1.29 is 19.1 Å². The number of carbonyl (C=O) groups is 2. The van der Waals surface area contributed by atoms with Gasteiger partial charge < -0.3 is 9.67 Å². The Morgan fingerprint density at radius 1 is 1.17 bits per heavy atom. The first kappa shape index (κ1) is 20.3. The molecule has 1 saturated heterocycles. The van der Waals surface area contributed by atoms with E-state index in [9.17, 15) is 14.0 Å². The van der Waals surface area contributed by atoms with Gasteiger partial charge in [0.05, 0.1) is 17.9 Å². The van der Waals surface area contributed by atoms with Crippen LogP contribution in [0.15, 0.2) is 59.6 Å². The number of aromatic nitrogens is 1. The van der Waals surface area contributed by atoms with Gasteiger partial charge in [-0.05, 0) is 18.2 Å². The quantitative estimate of drug-likeness (QED) is 0.452. The fourth-order valence-corrected chi connectivity index (χ4v) is 4.67. The summed E-state index contributed by atoms with van der Waals surface area (Å²) < 4.78 is 16.4. The largest absolute Gasteiger partial charge is 0.481 e. The minimum absolute atomic E-state index is 0.0480. The van der Waals surface area contributed by atoms with Crippen LogP contribution >= 0.6 is 24.0 Å². The van der Waals surface area contributed by atoms with E-state index in [-0.39, 0.29) is 24.7 Å². The Kier molecular flexibility index (Phi) is 5.69. The molecule has 1 aliphatic rings. The van der Waals surface area contributed by atoms with Crippen LogP contribution in [-0.2, 0) is 16.1 Å². The molecule has 3 aromatic rings. The molecule has 4 rings (SSSR count). The Hall–Kier alpha value is -2.97. The van der Waals surface area contributed by atoms with E-state index in [1.165, 1.54) is 11.0 Å². The first-order valence-electron chi connectivity index (χ1n) is 9.22. The molecule has 0 aliphatic carbocycles. The zero-order chi connectivity index (χ0) is 21.3. The number of nitrogens with zero attached hydrogens (tertiary/aromatic N) is 2. The number of carboxylic acid groups (broad SMARTS) is 1. The molecule has 0 radical (unpaired) electrons. The zero-order valence-electron chi connectivity index (χ0n) is 15.7. The second-order valence-electron chi connectivity index (χ2n) is 6.80. The Balaban J connectivity index is 1.68. The maximum absolute atomic E-state index is 14.1. The van der Waals surface area contributed by atoms with Gasteiger partial charge in [-0.15, -0.1) is 0 Å². The maximum atomic E-state index is 14.1. The van der Waals surface area contributed by atoms with E-state index >= 15 is 0 Å². The van der Waals surface area contributed by atoms with Gasteiger partial charge in [0.1, 0.15) is 10.1 Å². The fourth-order valence-electron chi connectivity index (χ4n) is 3.37. The Morgan fingerprint density at radius 2 is 1.90 bits per heavy atom. The zero-order valence-corrected chi connectivity index (χ0v) is 17.4. The number of carbonyl (C=O) groups excluding carboxylic acids is 1. The average Bonchev–Trinajstić information content (AvgIpc) is 3.19. The van der Waals surface area contributed by atoms with Crippen LogP contribution < -0.4 is 0 Å². The van der Waals surface area contributed by atoms with E-state index in [0.717, 1.165) is 28.2 Å². The Morgan fingerprint density at radius 3 is 2.67 bits per heavy atom. The lowest BCUT2D eigenvalue weighted by Gasteiger charge is -2.12. The molecule has 152 valence electrons. The molecule has 0 saturated carbocycles. The molecular formula is C22H17FN2O3S2. The highest BCUT2D eigenvalue weighted by Gasteiger charge is 2.32. The van der Waals surface area contributed by atoms with Crippen molar-refractivity contribution >= 4 is 57.2 Å². The van der Waals surface area contributed by atoms with Gasteiger partial charge in [0.25, 0.3) is 5.91 Å². The number of hydrogen-bond donors (Lipinski definition) is 1. The van der Waals surface area contributed by atoms with Gasteiger partial charge in [0, 0.05) is 34.8 Å². The number of thiocarbonyl (C=S) groups is 1. The minimum Gasteiger partial charge on any atom is -0.481 e. The van der Waals surface area contributed by atoms with E-state index in [0.29, 0.717) is 21.3 Å². The monoisotopic (exact) mass is 440 g/mol. The second-order valence-corrected chi connectivity index (χ2v) is 8.47. The highest BCUT2D eigenvalue weighted by molar-refractivity contribution is 8.26. The SMILES string of the molecule is O=C(O)CCN1C(=O)/C(=C\c2cn(Cc3ccccc3F)c3ccccc23)SC1=S. The lowest BCUT2D eigenvalue weighted by molar-refractivity contribution is -0.137. The van der Waals surface area contributed by atoms with Crippen molar-refractivity contribution in [3.63, 3.8) is 0 Å². The minimum atomic E-state index is -0.982. The fraction of sp³-hybridized carbons (Fsp3) is 0.136. The van der Waals surface area contributed by atoms with E-state index in [1.807, 2.05) is 35.0 Å². The van der Waals surface area contributed by atoms with Crippen LogP contribution in [0.3, 0.4) is 0 Å². The lowest BCUT2D eigenvalue weighted by Crippen LogP contribution is -2.30. The number of fused-ring (bicyclic) bond motifs is 1. The molecule has 1 fully saturated rings. The van der Waals surface area contributed by atoms with Crippen molar-refractivity contribution in [2.45, 2.75) is 13.0 Å². The van der Waals surface area contributed by atoms with Crippen LogP contribution in [0.2, 0.25) is 0 Å². The van der Waals surface area contributed by atoms with E-state index in [1.54, 1.807) is 24.3 Å². The van der Waals surface area contributed by atoms with Crippen molar-refractivity contribution in [3.8, 4) is 0 Å². The summed E-state index contributed by atoms with van der Waals surface area (Å²) in [5.41, 5.74) is 2.32. The van der Waals surface area contributed by atoms with Crippen LogP contribution in [0.25, 0.3) is 17.0 Å². The first-order chi connectivity index (χ1) is 14.4. The molecule has 2 aromatic carbocycles. The number of amides is 1. The van der Waals surface area contributed by atoms with Gasteiger partial charge in [-0.25, -0.2) is 4.39 Å². The molecule has 1 amide bonds. The number of rotatable bonds is 6. The van der Waals surface area contributed by atoms with Crippen molar-refractivity contribution in [1.82, 2.24) is 9.47 Å². The van der Waals surface area contributed by atoms with Gasteiger partial charge >= 0.3 is 5.97 Å². The third-order valence-electron chi connectivity index (χ3n) is 4.83. The Bertz CT molecular complexity index is 1200. The van der Waals surface area contributed by atoms with Crippen molar-refractivity contribution in [2.24, 2.45) is 0 Å². The summed E-state index contributed by atoms with van der Waals surface area (Å²) in [6.45, 7) is 0.410. The third kappa shape index (κ3) is 4.01. The molecule has 0 spiro atoms. The van der Waals surface area contributed by atoms with Crippen molar-refractivity contribution in [3.05, 3.63) is 76.6 Å². The predicted octanol–water partition coefficient (Wildman–Crippen LogP) is 4.50. The molecule has 1 aliphatic heterocycles. The first-order valence-corrected chi connectivity index (χ1v) is 10.4. The summed E-state index contributed by atoms with van der Waals surface area (Å²) in [6, 6.07) is 14.4. The van der Waals surface area contributed by atoms with E-state index in [4.69, 9.17) is 17.3 Å². The van der Waals surface area contributed by atoms with Crippen LogP contribution in [0.1, 0.15) is 17.5 Å². The standard InChI is InChI=1S/C22H17FN2O3S2/c23-17-7-3-1-5-14(17)12-24-13-15(16-6-2-4-8-18(16)24)11-19-21(28)25(22(29)30-19)10-9-20(26)27/h1-8,11,13H,9-10,12H2,(H,26,27)/b19-11+. The molecule has 2 heterocycles. The highest BCUT2D eigenvalue weighted by atomic mass is 32.2. The van der Waals surface area contributed by atoms with Crippen molar-refractivity contribution in [1.29, 1.82) is 0 Å². The van der Waals surface area contributed by atoms with Crippen LogP contribution in [-0.4, -0.2) is 37.3 Å². The molecule has 30 heavy (non-hydrogen) atoms. The molecule has 1 N–H and O–H groups in total. The lowest BCUT2D eigenvalue weighted by atomic mass is 10.1. The molecule has 1 aromatic heterocycles. The Labute approximate surface area is 181 Å². The number of halogens is 1. The summed E-state index contributed by atoms with van der Waals surface area (Å²) >= 11 is 6.41. The summed E-state index contributed by atoms with van der Waals surface area (Å²) in [7, 11) is 0. The van der Waals surface area contributed by atoms with Gasteiger partial charge in [-0.1, -0.05) is 60.4 Å². The highest BCUT2D eigenvalue weighted by Crippen LogP contribution is 2.34. The maximum Gasteiger partial charge on any atom is 0.305 e. The number of hydrogen-bond acceptors (Lipinski definition) is 4. The summed E-state index contributed by atoms with van der Waals surface area (Å²) in [5, 5.41) is 9.81. The summed E-state index contributed by atoms with van der Waals surface area (Å²) in [5.74, 6) is -1.54. The molecule has 5 nitrogen and oxygen atoms in total.